The molecule has 86 heavy (non-hydrogen) atoms. The molecule has 6 heterocycles. The predicted octanol–water partition coefficient (Wildman–Crippen LogP) is 21.0. The van der Waals surface area contributed by atoms with Crippen LogP contribution in [0.4, 0.5) is 17.1 Å². The fourth-order valence-electron chi connectivity index (χ4n) is 14.0. The van der Waals surface area contributed by atoms with E-state index in [0.29, 0.717) is 0 Å². The minimum absolute atomic E-state index is 0.937. The lowest BCUT2D eigenvalue weighted by molar-refractivity contribution is 1.18. The molecule has 0 atom stereocenters. The van der Waals surface area contributed by atoms with Gasteiger partial charge in [0.15, 0.2) is 0 Å². The summed E-state index contributed by atoms with van der Waals surface area (Å²) in [6.45, 7) is 0. The lowest BCUT2D eigenvalue weighted by Gasteiger charge is -2.34. The lowest BCUT2D eigenvalue weighted by Crippen LogP contribution is -2.15. The lowest BCUT2D eigenvalue weighted by atomic mass is 9.87. The van der Waals surface area contributed by atoms with Gasteiger partial charge in [-0.25, -0.2) is 0 Å². The highest BCUT2D eigenvalue weighted by Gasteiger charge is 2.30. The topological polar surface area (TPSA) is 43.8 Å². The number of fused-ring (bicyclic) bond motifs is 11. The Hall–Kier alpha value is -11.6. The maximum Gasteiger partial charge on any atom is 0.0708 e. The quantitative estimate of drug-likeness (QED) is 0.152. The third-order valence-electron chi connectivity index (χ3n) is 17.8. The summed E-state index contributed by atoms with van der Waals surface area (Å²) in [5.74, 6) is 0. The first-order chi connectivity index (χ1) is 42.7. The highest BCUT2D eigenvalue weighted by molar-refractivity contribution is 6.21. The van der Waals surface area contributed by atoms with Crippen molar-refractivity contribution in [3.8, 4) is 73.0 Å². The van der Waals surface area contributed by atoms with Crippen molar-refractivity contribution in [3.05, 3.63) is 304 Å². The van der Waals surface area contributed by atoms with Gasteiger partial charge in [0, 0.05) is 89.5 Å². The highest BCUT2D eigenvalue weighted by atomic mass is 15.2. The van der Waals surface area contributed by atoms with Gasteiger partial charge in [0.2, 0.25) is 0 Å². The summed E-state index contributed by atoms with van der Waals surface area (Å²) in [4.78, 5) is 12.3. The Morgan fingerprint density at radius 1 is 0.221 bits per heavy atom. The van der Waals surface area contributed by atoms with E-state index in [4.69, 9.17) is 9.97 Å². The average molecular weight is 1100 g/mol. The van der Waals surface area contributed by atoms with Gasteiger partial charge in [-0.05, 0) is 173 Å². The molecule has 0 unspecified atom stereocenters. The number of hydrogen-bond donors (Lipinski definition) is 0. The van der Waals surface area contributed by atoms with Gasteiger partial charge in [-0.1, -0.05) is 152 Å². The van der Waals surface area contributed by atoms with Gasteiger partial charge in [-0.3, -0.25) is 9.97 Å². The zero-order valence-electron chi connectivity index (χ0n) is 46.6. The van der Waals surface area contributed by atoms with Gasteiger partial charge in [0.25, 0.3) is 0 Å². The molecule has 0 saturated heterocycles. The summed E-state index contributed by atoms with van der Waals surface area (Å²) < 4.78 is 7.24. The van der Waals surface area contributed by atoms with Crippen LogP contribution in [-0.4, -0.2) is 23.7 Å². The molecule has 5 aromatic heterocycles. The molecule has 18 rings (SSSR count). The van der Waals surface area contributed by atoms with E-state index in [2.05, 4.69) is 298 Å². The van der Waals surface area contributed by atoms with E-state index in [1.807, 2.05) is 24.5 Å². The first-order valence-electron chi connectivity index (χ1n) is 29.4. The number of para-hydroxylation sites is 4. The minimum atomic E-state index is 0.937. The Bertz CT molecular complexity index is 5580. The average Bonchev–Trinajstić information content (AvgIpc) is 1.44. The maximum absolute atomic E-state index is 4.91. The van der Waals surface area contributed by atoms with Crippen LogP contribution in [0.3, 0.4) is 0 Å². The fourth-order valence-corrected chi connectivity index (χ4v) is 14.0. The number of rotatable bonds is 8. The van der Waals surface area contributed by atoms with Crippen molar-refractivity contribution in [3.63, 3.8) is 0 Å². The number of pyridine rings is 2. The summed E-state index contributed by atoms with van der Waals surface area (Å²) >= 11 is 0. The summed E-state index contributed by atoms with van der Waals surface area (Å²) in [5.41, 5.74) is 24.6. The number of anilines is 3. The summed E-state index contributed by atoms with van der Waals surface area (Å²) in [6, 6.07) is 107. The molecule has 0 fully saturated rings. The van der Waals surface area contributed by atoms with E-state index in [1.54, 1.807) is 0 Å². The van der Waals surface area contributed by atoms with Gasteiger partial charge in [-0.2, -0.15) is 0 Å². The van der Waals surface area contributed by atoms with Gasteiger partial charge in [-0.15, -0.1) is 0 Å². The molecule has 0 N–H and O–H groups in total. The van der Waals surface area contributed by atoms with Crippen LogP contribution < -0.4 is 4.90 Å². The molecular weight excluding hydrogens is 1040 g/mol. The van der Waals surface area contributed by atoms with Gasteiger partial charge in [0.05, 0.1) is 55.9 Å². The zero-order chi connectivity index (χ0) is 56.4. The summed E-state index contributed by atoms with van der Waals surface area (Å²) in [7, 11) is 0. The standard InChI is InChI=1S/C80H50N6/c1-3-20-56(21-4-1)83-72-31-9-7-26-61(72)65-46-53(34-39-74(65)83)51-18-15-24-58(44-51)85-76-41-36-55(70-29-11-13-42-81-70)48-67(76)69-49-68-64-38-37-60(71-30-12-14-43-82-71)63-28-17-33-77(80(63)64)86(78(68)50-79(69)85)59-25-16-19-52(45-59)54-35-40-75-66(47-54)62-27-8-10-32-73(62)84(75)57-22-5-2-6-23-57/h1-50H. The monoisotopic (exact) mass is 1090 g/mol. The second-order valence-electron chi connectivity index (χ2n) is 22.5. The van der Waals surface area contributed by atoms with Crippen molar-refractivity contribution in [2.75, 3.05) is 4.90 Å². The van der Waals surface area contributed by atoms with Crippen LogP contribution in [0.1, 0.15) is 0 Å². The van der Waals surface area contributed by atoms with Crippen molar-refractivity contribution in [2.45, 2.75) is 0 Å². The Balaban J connectivity index is 0.860. The van der Waals surface area contributed by atoms with E-state index in [1.165, 1.54) is 54.6 Å². The molecule has 1 aliphatic rings. The second-order valence-corrected chi connectivity index (χ2v) is 22.5. The molecule has 0 saturated carbocycles. The van der Waals surface area contributed by atoms with Crippen molar-refractivity contribution in [2.24, 2.45) is 0 Å². The Kier molecular flexibility index (Phi) is 10.6. The largest absolute Gasteiger partial charge is 0.309 e. The molecule has 6 heteroatoms. The van der Waals surface area contributed by atoms with Gasteiger partial charge >= 0.3 is 0 Å². The third-order valence-corrected chi connectivity index (χ3v) is 17.8. The van der Waals surface area contributed by atoms with Crippen molar-refractivity contribution in [1.82, 2.24) is 23.7 Å². The molecule has 0 bridgehead atoms. The van der Waals surface area contributed by atoms with Crippen LogP contribution in [0.5, 0.6) is 0 Å². The van der Waals surface area contributed by atoms with E-state index in [0.717, 1.165) is 112 Å². The molecule has 0 radical (unpaired) electrons. The number of hydrogen-bond acceptors (Lipinski definition) is 3. The molecule has 0 spiro atoms. The maximum atomic E-state index is 4.91. The first-order valence-corrected chi connectivity index (χ1v) is 29.4. The van der Waals surface area contributed by atoms with E-state index in [-0.39, 0.29) is 0 Å². The Morgan fingerprint density at radius 2 is 0.674 bits per heavy atom. The van der Waals surface area contributed by atoms with Crippen LogP contribution in [-0.2, 0) is 0 Å². The second kappa shape index (κ2) is 19.0. The number of nitrogens with zero attached hydrogens (tertiary/aromatic N) is 6. The van der Waals surface area contributed by atoms with Crippen LogP contribution in [0.2, 0.25) is 0 Å². The number of aromatic nitrogens is 5. The van der Waals surface area contributed by atoms with Crippen molar-refractivity contribution >= 4 is 93.3 Å². The van der Waals surface area contributed by atoms with Crippen LogP contribution in [0.15, 0.2) is 304 Å². The van der Waals surface area contributed by atoms with Crippen LogP contribution in [0, 0.1) is 0 Å². The fraction of sp³-hybridized carbons (Fsp3) is 0. The predicted molar refractivity (Wildman–Crippen MR) is 358 cm³/mol. The van der Waals surface area contributed by atoms with Gasteiger partial charge < -0.3 is 18.6 Å². The molecular formula is C80H50N6. The van der Waals surface area contributed by atoms with Crippen LogP contribution >= 0.6 is 0 Å². The van der Waals surface area contributed by atoms with Crippen molar-refractivity contribution < 1.29 is 0 Å². The summed E-state index contributed by atoms with van der Waals surface area (Å²) in [5, 5.41) is 9.57. The molecule has 400 valence electrons. The Labute approximate surface area is 495 Å². The summed E-state index contributed by atoms with van der Waals surface area (Å²) in [6.07, 6.45) is 3.77. The normalized spacial score (nSPS) is 12.2. The molecule has 12 aromatic carbocycles. The molecule has 0 amide bonds. The van der Waals surface area contributed by atoms with E-state index in [9.17, 15) is 0 Å². The highest BCUT2D eigenvalue weighted by Crippen LogP contribution is 2.55. The smallest absolute Gasteiger partial charge is 0.0708 e. The minimum Gasteiger partial charge on any atom is -0.309 e. The third kappa shape index (κ3) is 7.33. The Morgan fingerprint density at radius 3 is 1.30 bits per heavy atom. The molecule has 0 aliphatic carbocycles. The van der Waals surface area contributed by atoms with Crippen LogP contribution in [0.25, 0.3) is 149 Å². The van der Waals surface area contributed by atoms with Gasteiger partial charge in [0.1, 0.15) is 0 Å². The molecule has 6 nitrogen and oxygen atoms in total. The SMILES string of the molecule is c1ccc(-n2c3ccccc3c3cc(-c4cccc(N5c6cc7c(cc6-c6ccc(-c8ccccn8)c8cccc5c68)c5cc(-c6ccccn6)ccc5n7-c5cccc(-c6ccc7c(c6)c6ccccc6n7-c6ccccc6)c5)c4)ccc32)cc1. The van der Waals surface area contributed by atoms with E-state index >= 15 is 0 Å². The molecule has 1 aliphatic heterocycles. The van der Waals surface area contributed by atoms with Crippen molar-refractivity contribution in [1.29, 1.82) is 0 Å². The number of benzene rings is 12. The molecule has 17 aromatic rings. The van der Waals surface area contributed by atoms with E-state index < -0.39 is 0 Å². The zero-order valence-corrected chi connectivity index (χ0v) is 46.6. The first kappa shape index (κ1) is 48.0.